The Hall–Kier alpha value is -2.44. The van der Waals surface area contributed by atoms with Crippen molar-refractivity contribution in [1.82, 2.24) is 4.90 Å². The van der Waals surface area contributed by atoms with Gasteiger partial charge >= 0.3 is 0 Å². The zero-order valence-electron chi connectivity index (χ0n) is 14.1. The molecule has 2 aromatic rings. The van der Waals surface area contributed by atoms with Crippen molar-refractivity contribution in [2.24, 2.45) is 0 Å². The number of nitrogens with zero attached hydrogens (tertiary/aromatic N) is 2. The first-order valence-corrected chi connectivity index (χ1v) is 8.46. The van der Waals surface area contributed by atoms with Crippen LogP contribution in [-0.2, 0) is 0 Å². The minimum Gasteiger partial charge on any atom is -0.508 e. The van der Waals surface area contributed by atoms with E-state index in [2.05, 4.69) is 9.80 Å². The van der Waals surface area contributed by atoms with Gasteiger partial charge < -0.3 is 25.0 Å². The number of rotatable bonds is 6. The van der Waals surface area contributed by atoms with Gasteiger partial charge in [0, 0.05) is 38.4 Å². The predicted octanol–water partition coefficient (Wildman–Crippen LogP) is 1.66. The smallest absolute Gasteiger partial charge is 0.119 e. The summed E-state index contributed by atoms with van der Waals surface area (Å²) in [6.45, 7) is 4.31. The zero-order chi connectivity index (χ0) is 17.6. The van der Waals surface area contributed by atoms with Crippen molar-refractivity contribution >= 4 is 5.69 Å². The van der Waals surface area contributed by atoms with Gasteiger partial charge in [0.05, 0.1) is 0 Å². The number of anilines is 1. The fourth-order valence-corrected chi connectivity index (χ4v) is 2.94. The van der Waals surface area contributed by atoms with Crippen LogP contribution in [0.3, 0.4) is 0 Å². The predicted molar refractivity (Wildman–Crippen MR) is 96.4 cm³/mol. The second kappa shape index (κ2) is 8.09. The van der Waals surface area contributed by atoms with Crippen molar-refractivity contribution < 1.29 is 20.1 Å². The van der Waals surface area contributed by atoms with E-state index >= 15 is 0 Å². The molecule has 0 spiro atoms. The molecule has 3 N–H and O–H groups in total. The van der Waals surface area contributed by atoms with Crippen LogP contribution >= 0.6 is 0 Å². The number of ether oxygens (including phenoxy) is 1. The average molecular weight is 344 g/mol. The van der Waals surface area contributed by atoms with Crippen LogP contribution in [0.1, 0.15) is 0 Å². The van der Waals surface area contributed by atoms with Crippen molar-refractivity contribution in [2.75, 3.05) is 44.2 Å². The third-order valence-electron chi connectivity index (χ3n) is 4.34. The molecule has 0 aliphatic carbocycles. The zero-order valence-corrected chi connectivity index (χ0v) is 14.1. The monoisotopic (exact) mass is 344 g/mol. The molecular formula is C19H24N2O4. The number of piperazine rings is 1. The molecule has 1 aliphatic heterocycles. The number of aliphatic hydroxyl groups excluding tert-OH is 1. The van der Waals surface area contributed by atoms with Crippen molar-refractivity contribution in [3.63, 3.8) is 0 Å². The molecule has 134 valence electrons. The molecular weight excluding hydrogens is 320 g/mol. The Morgan fingerprint density at radius 1 is 0.840 bits per heavy atom. The van der Waals surface area contributed by atoms with Gasteiger partial charge in [0.25, 0.3) is 0 Å². The van der Waals surface area contributed by atoms with Gasteiger partial charge in [-0.3, -0.25) is 4.90 Å². The maximum atomic E-state index is 10.2. The number of benzene rings is 2. The Labute approximate surface area is 147 Å². The molecule has 1 aliphatic rings. The molecule has 0 aromatic heterocycles. The lowest BCUT2D eigenvalue weighted by atomic mass is 10.2. The van der Waals surface area contributed by atoms with Crippen LogP contribution in [-0.4, -0.2) is 65.7 Å². The summed E-state index contributed by atoms with van der Waals surface area (Å²) in [5, 5.41) is 28.8. The number of β-amino-alcohol motifs (C(OH)–C–C–N with tert-alkyl or cyclic N) is 1. The maximum Gasteiger partial charge on any atom is 0.119 e. The van der Waals surface area contributed by atoms with Gasteiger partial charge in [0.15, 0.2) is 0 Å². The Balaban J connectivity index is 1.40. The summed E-state index contributed by atoms with van der Waals surface area (Å²) >= 11 is 0. The Kier molecular flexibility index (Phi) is 5.63. The normalized spacial score (nSPS) is 16.6. The molecule has 25 heavy (non-hydrogen) atoms. The van der Waals surface area contributed by atoms with E-state index in [4.69, 9.17) is 4.74 Å². The maximum absolute atomic E-state index is 10.2. The van der Waals surface area contributed by atoms with Crippen LogP contribution in [0.4, 0.5) is 5.69 Å². The van der Waals surface area contributed by atoms with Crippen LogP contribution in [0.15, 0.2) is 48.5 Å². The third-order valence-corrected chi connectivity index (χ3v) is 4.34. The molecule has 2 aromatic carbocycles. The van der Waals surface area contributed by atoms with Crippen LogP contribution in [0.5, 0.6) is 17.2 Å². The van der Waals surface area contributed by atoms with Gasteiger partial charge in [-0.25, -0.2) is 0 Å². The first-order chi connectivity index (χ1) is 12.1. The van der Waals surface area contributed by atoms with E-state index in [1.165, 1.54) is 0 Å². The molecule has 0 amide bonds. The molecule has 3 rings (SSSR count). The number of aromatic hydroxyl groups is 2. The van der Waals surface area contributed by atoms with Crippen LogP contribution in [0, 0.1) is 0 Å². The van der Waals surface area contributed by atoms with Crippen molar-refractivity contribution in [3.05, 3.63) is 48.5 Å². The fraction of sp³-hybridized carbons (Fsp3) is 0.368. The Bertz CT molecular complexity index is 652. The molecule has 0 bridgehead atoms. The van der Waals surface area contributed by atoms with Gasteiger partial charge in [0.2, 0.25) is 0 Å². The summed E-state index contributed by atoms with van der Waals surface area (Å²) in [6, 6.07) is 13.7. The van der Waals surface area contributed by atoms with E-state index in [-0.39, 0.29) is 18.1 Å². The largest absolute Gasteiger partial charge is 0.508 e. The van der Waals surface area contributed by atoms with Crippen molar-refractivity contribution in [2.45, 2.75) is 6.10 Å². The quantitative estimate of drug-likeness (QED) is 0.740. The van der Waals surface area contributed by atoms with Crippen LogP contribution in [0.25, 0.3) is 0 Å². The van der Waals surface area contributed by atoms with Crippen molar-refractivity contribution in [3.8, 4) is 17.2 Å². The van der Waals surface area contributed by atoms with Gasteiger partial charge in [0.1, 0.15) is 30.0 Å². The fourth-order valence-electron chi connectivity index (χ4n) is 2.94. The van der Waals surface area contributed by atoms with E-state index in [0.29, 0.717) is 12.3 Å². The van der Waals surface area contributed by atoms with Gasteiger partial charge in [-0.15, -0.1) is 0 Å². The first kappa shape index (κ1) is 17.4. The number of hydrogen-bond donors (Lipinski definition) is 3. The Morgan fingerprint density at radius 3 is 2.00 bits per heavy atom. The van der Waals surface area contributed by atoms with Crippen LogP contribution in [0.2, 0.25) is 0 Å². The lowest BCUT2D eigenvalue weighted by Crippen LogP contribution is -2.49. The SMILES string of the molecule is Oc1ccc(OC[C@@H](O)CN2CCN(c3ccc(O)cc3)CC2)cc1. The molecule has 6 heteroatoms. The lowest BCUT2D eigenvalue weighted by Gasteiger charge is -2.36. The number of phenolic OH excluding ortho intramolecular Hbond substituents is 2. The molecule has 1 fully saturated rings. The highest BCUT2D eigenvalue weighted by atomic mass is 16.5. The highest BCUT2D eigenvalue weighted by Crippen LogP contribution is 2.20. The molecule has 1 heterocycles. The number of phenols is 2. The van der Waals surface area contributed by atoms with E-state index in [1.54, 1.807) is 36.4 Å². The molecule has 0 radical (unpaired) electrons. The first-order valence-electron chi connectivity index (χ1n) is 8.46. The van der Waals surface area contributed by atoms with E-state index < -0.39 is 6.10 Å². The minimum atomic E-state index is -0.561. The van der Waals surface area contributed by atoms with E-state index in [1.807, 2.05) is 12.1 Å². The highest BCUT2D eigenvalue weighted by Gasteiger charge is 2.19. The second-order valence-corrected chi connectivity index (χ2v) is 6.26. The minimum absolute atomic E-state index is 0.194. The van der Waals surface area contributed by atoms with Crippen molar-refractivity contribution in [1.29, 1.82) is 0 Å². The molecule has 1 saturated heterocycles. The van der Waals surface area contributed by atoms with E-state index in [0.717, 1.165) is 31.9 Å². The topological polar surface area (TPSA) is 76.4 Å². The Morgan fingerprint density at radius 2 is 1.40 bits per heavy atom. The van der Waals surface area contributed by atoms with Gasteiger partial charge in [-0.05, 0) is 48.5 Å². The summed E-state index contributed by atoms with van der Waals surface area (Å²) in [5.74, 6) is 1.10. The molecule has 0 unspecified atom stereocenters. The summed E-state index contributed by atoms with van der Waals surface area (Å²) in [4.78, 5) is 4.50. The summed E-state index contributed by atoms with van der Waals surface area (Å²) in [5.41, 5.74) is 1.11. The lowest BCUT2D eigenvalue weighted by molar-refractivity contribution is 0.0663. The standard InChI is InChI=1S/C19H24N2O4/c22-16-3-1-15(2-4-16)21-11-9-20(10-12-21)13-18(24)14-25-19-7-5-17(23)6-8-19/h1-8,18,22-24H,9-14H2/t18-/m0/s1. The number of hydrogen-bond acceptors (Lipinski definition) is 6. The summed E-state index contributed by atoms with van der Waals surface area (Å²) in [7, 11) is 0. The average Bonchev–Trinajstić information content (AvgIpc) is 2.63. The van der Waals surface area contributed by atoms with Gasteiger partial charge in [-0.2, -0.15) is 0 Å². The summed E-state index contributed by atoms with van der Waals surface area (Å²) in [6.07, 6.45) is -0.561. The highest BCUT2D eigenvalue weighted by molar-refractivity contribution is 5.49. The summed E-state index contributed by atoms with van der Waals surface area (Å²) < 4.78 is 5.54. The number of aliphatic hydroxyl groups is 1. The molecule has 0 saturated carbocycles. The molecule has 6 nitrogen and oxygen atoms in total. The van der Waals surface area contributed by atoms with E-state index in [9.17, 15) is 15.3 Å². The molecule has 1 atom stereocenters. The van der Waals surface area contributed by atoms with Gasteiger partial charge in [-0.1, -0.05) is 0 Å². The second-order valence-electron chi connectivity index (χ2n) is 6.26. The van der Waals surface area contributed by atoms with Crippen LogP contribution < -0.4 is 9.64 Å². The third kappa shape index (κ3) is 5.01.